The van der Waals surface area contributed by atoms with Crippen molar-refractivity contribution in [2.45, 2.75) is 13.5 Å². The molecule has 3 aromatic rings. The molecule has 11 heteroatoms. The van der Waals surface area contributed by atoms with Crippen molar-refractivity contribution in [1.29, 1.82) is 0 Å². The molecule has 1 fully saturated rings. The first kappa shape index (κ1) is 26.7. The summed E-state index contributed by atoms with van der Waals surface area (Å²) in [4.78, 5) is 39.1. The van der Waals surface area contributed by atoms with Gasteiger partial charge in [-0.1, -0.05) is 56.8 Å². The molecule has 1 aliphatic heterocycles. The molecule has 4 amide bonds. The number of imide groups is 2. The number of carbonyl (C=O) groups excluding carboxylic acids is 3. The number of hydrogen-bond acceptors (Lipinski definition) is 4. The van der Waals surface area contributed by atoms with Crippen LogP contribution in [-0.2, 0) is 16.2 Å². The monoisotopic (exact) mass is 670 g/mol. The van der Waals surface area contributed by atoms with Crippen LogP contribution in [0.2, 0.25) is 15.1 Å². The molecule has 36 heavy (non-hydrogen) atoms. The van der Waals surface area contributed by atoms with Crippen LogP contribution in [0.15, 0.2) is 63.0 Å². The van der Waals surface area contributed by atoms with Crippen LogP contribution in [0.3, 0.4) is 0 Å². The lowest BCUT2D eigenvalue weighted by Gasteiger charge is -2.26. The third-order valence-corrected chi connectivity index (χ3v) is 7.70. The molecule has 0 spiro atoms. The first-order chi connectivity index (χ1) is 17.0. The maximum atomic E-state index is 13.2. The highest BCUT2D eigenvalue weighted by molar-refractivity contribution is 9.10. The molecule has 1 saturated heterocycles. The standard InChI is InChI=1S/C25H15Br2Cl3N2O4/c1-12-6-15(3-4-17(12)26)32-24(34)16(23(33)31-25(32)35)7-14-8-18(27)22(21(30)10-14)36-11-13-2-5-19(28)20(29)9-13/h2-10H,11H2,1H3,(H,31,33,35)/b16-7+. The average molecular weight is 674 g/mol. The molecule has 1 aliphatic rings. The van der Waals surface area contributed by atoms with E-state index in [1.807, 2.05) is 6.92 Å². The van der Waals surface area contributed by atoms with Gasteiger partial charge in [-0.2, -0.15) is 0 Å². The number of barbiturate groups is 1. The van der Waals surface area contributed by atoms with Crippen molar-refractivity contribution in [2.75, 3.05) is 4.90 Å². The Morgan fingerprint density at radius 1 is 0.917 bits per heavy atom. The molecule has 0 aliphatic carbocycles. The molecular formula is C25H15Br2Cl3N2O4. The Labute approximate surface area is 238 Å². The highest BCUT2D eigenvalue weighted by Crippen LogP contribution is 2.36. The summed E-state index contributed by atoms with van der Waals surface area (Å²) in [6, 6.07) is 12.5. The van der Waals surface area contributed by atoms with Crippen LogP contribution >= 0.6 is 66.7 Å². The molecule has 0 unspecified atom stereocenters. The quantitative estimate of drug-likeness (QED) is 0.222. The van der Waals surface area contributed by atoms with Crippen LogP contribution in [0.25, 0.3) is 6.08 Å². The number of benzene rings is 3. The van der Waals surface area contributed by atoms with E-state index in [4.69, 9.17) is 39.5 Å². The van der Waals surface area contributed by atoms with E-state index in [2.05, 4.69) is 37.2 Å². The number of aryl methyl sites for hydroxylation is 1. The van der Waals surface area contributed by atoms with Crippen LogP contribution in [0, 0.1) is 6.92 Å². The van der Waals surface area contributed by atoms with Gasteiger partial charge in [0.1, 0.15) is 12.2 Å². The molecular weight excluding hydrogens is 658 g/mol. The maximum Gasteiger partial charge on any atom is 0.335 e. The van der Waals surface area contributed by atoms with Crippen LogP contribution < -0.4 is 15.0 Å². The number of urea groups is 1. The first-order valence-corrected chi connectivity index (χ1v) is 13.0. The Bertz CT molecular complexity index is 1440. The lowest BCUT2D eigenvalue weighted by Crippen LogP contribution is -2.54. The molecule has 3 aromatic carbocycles. The van der Waals surface area contributed by atoms with Crippen molar-refractivity contribution in [3.63, 3.8) is 0 Å². The molecule has 1 N–H and O–H groups in total. The van der Waals surface area contributed by atoms with E-state index in [9.17, 15) is 14.4 Å². The molecule has 0 saturated carbocycles. The Morgan fingerprint density at radius 2 is 1.67 bits per heavy atom. The van der Waals surface area contributed by atoms with Crippen molar-refractivity contribution in [1.82, 2.24) is 5.32 Å². The SMILES string of the molecule is Cc1cc(N2C(=O)NC(=O)/C(=C\c3cc(Cl)c(OCc4ccc(Cl)c(Cl)c4)c(Br)c3)C2=O)ccc1Br. The van der Waals surface area contributed by atoms with Gasteiger partial charge < -0.3 is 4.74 Å². The van der Waals surface area contributed by atoms with Crippen LogP contribution in [0.1, 0.15) is 16.7 Å². The Balaban J connectivity index is 1.61. The minimum absolute atomic E-state index is 0.181. The predicted molar refractivity (Wildman–Crippen MR) is 148 cm³/mol. The lowest BCUT2D eigenvalue weighted by molar-refractivity contribution is -0.122. The third kappa shape index (κ3) is 5.63. The molecule has 0 bridgehead atoms. The van der Waals surface area contributed by atoms with E-state index in [0.29, 0.717) is 31.5 Å². The van der Waals surface area contributed by atoms with E-state index >= 15 is 0 Å². The van der Waals surface area contributed by atoms with Crippen molar-refractivity contribution in [3.8, 4) is 5.75 Å². The summed E-state index contributed by atoms with van der Waals surface area (Å²) in [5, 5.41) is 3.30. The lowest BCUT2D eigenvalue weighted by atomic mass is 10.1. The van der Waals surface area contributed by atoms with Gasteiger partial charge in [-0.25, -0.2) is 9.69 Å². The largest absolute Gasteiger partial charge is 0.486 e. The van der Waals surface area contributed by atoms with Crippen LogP contribution in [0.4, 0.5) is 10.5 Å². The van der Waals surface area contributed by atoms with E-state index in [1.165, 1.54) is 6.08 Å². The summed E-state index contributed by atoms with van der Waals surface area (Å²) in [7, 11) is 0. The summed E-state index contributed by atoms with van der Waals surface area (Å²) in [6.07, 6.45) is 1.36. The molecule has 184 valence electrons. The second-order valence-electron chi connectivity index (χ2n) is 7.74. The van der Waals surface area contributed by atoms with Crippen molar-refractivity contribution in [2.24, 2.45) is 0 Å². The third-order valence-electron chi connectivity index (χ3n) is 5.20. The normalized spacial score (nSPS) is 14.9. The highest BCUT2D eigenvalue weighted by atomic mass is 79.9. The Kier molecular flexibility index (Phi) is 8.12. The molecule has 1 heterocycles. The van der Waals surface area contributed by atoms with E-state index in [1.54, 1.807) is 48.5 Å². The summed E-state index contributed by atoms with van der Waals surface area (Å²) in [6.45, 7) is 2.01. The van der Waals surface area contributed by atoms with Crippen molar-refractivity contribution < 1.29 is 19.1 Å². The number of nitrogens with zero attached hydrogens (tertiary/aromatic N) is 1. The summed E-state index contributed by atoms with van der Waals surface area (Å²) in [5.41, 5.74) is 2.18. The minimum Gasteiger partial charge on any atom is -0.486 e. The van der Waals surface area contributed by atoms with E-state index < -0.39 is 17.8 Å². The van der Waals surface area contributed by atoms with E-state index in [-0.39, 0.29) is 17.2 Å². The van der Waals surface area contributed by atoms with Gasteiger partial charge >= 0.3 is 6.03 Å². The number of ether oxygens (including phenoxy) is 1. The zero-order valence-electron chi connectivity index (χ0n) is 18.4. The highest BCUT2D eigenvalue weighted by Gasteiger charge is 2.37. The zero-order chi connectivity index (χ0) is 26.1. The molecule has 0 radical (unpaired) electrons. The van der Waals surface area contributed by atoms with Gasteiger partial charge in [-0.15, -0.1) is 0 Å². The Hall–Kier alpha value is -2.36. The summed E-state index contributed by atoms with van der Waals surface area (Å²) < 4.78 is 7.17. The molecule has 0 atom stereocenters. The number of rotatable bonds is 5. The summed E-state index contributed by atoms with van der Waals surface area (Å²) in [5.74, 6) is -1.19. The smallest absolute Gasteiger partial charge is 0.335 e. The van der Waals surface area contributed by atoms with Crippen molar-refractivity contribution >= 4 is 96.3 Å². The van der Waals surface area contributed by atoms with Gasteiger partial charge in [0.05, 0.1) is 25.2 Å². The second-order valence-corrected chi connectivity index (χ2v) is 10.7. The number of carbonyl (C=O) groups is 3. The first-order valence-electron chi connectivity index (χ1n) is 10.3. The molecule has 6 nitrogen and oxygen atoms in total. The Morgan fingerprint density at radius 3 is 2.33 bits per heavy atom. The van der Waals surface area contributed by atoms with Gasteiger partial charge in [-0.05, 0) is 88.1 Å². The fourth-order valence-electron chi connectivity index (χ4n) is 3.41. The summed E-state index contributed by atoms with van der Waals surface area (Å²) >= 11 is 25.3. The number of hydrogen-bond donors (Lipinski definition) is 1. The van der Waals surface area contributed by atoms with Crippen molar-refractivity contribution in [3.05, 3.63) is 94.8 Å². The molecule has 4 rings (SSSR count). The topological polar surface area (TPSA) is 75.7 Å². The van der Waals surface area contributed by atoms with Gasteiger partial charge in [-0.3, -0.25) is 14.9 Å². The van der Waals surface area contributed by atoms with Gasteiger partial charge in [0.2, 0.25) is 0 Å². The average Bonchev–Trinajstić information content (AvgIpc) is 2.80. The number of anilines is 1. The van der Waals surface area contributed by atoms with Crippen LogP contribution in [-0.4, -0.2) is 17.8 Å². The molecule has 0 aromatic heterocycles. The van der Waals surface area contributed by atoms with E-state index in [0.717, 1.165) is 20.5 Å². The fraction of sp³-hybridized carbons (Fsp3) is 0.0800. The zero-order valence-corrected chi connectivity index (χ0v) is 23.8. The van der Waals surface area contributed by atoms with Gasteiger partial charge in [0, 0.05) is 4.47 Å². The number of nitrogens with one attached hydrogen (secondary N) is 1. The number of amides is 4. The minimum atomic E-state index is -0.825. The predicted octanol–water partition coefficient (Wildman–Crippen LogP) is 7.73. The number of halogens is 5. The van der Waals surface area contributed by atoms with Gasteiger partial charge in [0.15, 0.2) is 5.75 Å². The maximum absolute atomic E-state index is 13.2. The second kappa shape index (κ2) is 10.9. The van der Waals surface area contributed by atoms with Gasteiger partial charge in [0.25, 0.3) is 11.8 Å². The van der Waals surface area contributed by atoms with Crippen LogP contribution in [0.5, 0.6) is 5.75 Å². The fourth-order valence-corrected chi connectivity index (χ4v) is 4.97.